The van der Waals surface area contributed by atoms with Crippen LogP contribution in [0.5, 0.6) is 0 Å². The summed E-state index contributed by atoms with van der Waals surface area (Å²) in [6.45, 7) is 1.48. The molecule has 0 aliphatic carbocycles. The highest BCUT2D eigenvalue weighted by atomic mass is 19.4. The third-order valence-electron chi connectivity index (χ3n) is 2.23. The van der Waals surface area contributed by atoms with E-state index in [0.717, 1.165) is 16.8 Å². The highest BCUT2D eigenvalue weighted by Gasteiger charge is 2.34. The number of aryl methyl sites for hydroxylation is 1. The van der Waals surface area contributed by atoms with Gasteiger partial charge in [-0.1, -0.05) is 6.07 Å². The van der Waals surface area contributed by atoms with Crippen LogP contribution in [-0.2, 0) is 6.18 Å². The Bertz CT molecular complexity index is 543. The van der Waals surface area contributed by atoms with Gasteiger partial charge in [-0.2, -0.15) is 18.3 Å². The van der Waals surface area contributed by atoms with Crippen molar-refractivity contribution >= 4 is 0 Å². The van der Waals surface area contributed by atoms with Gasteiger partial charge in [0, 0.05) is 5.69 Å². The zero-order valence-corrected chi connectivity index (χ0v) is 8.79. The van der Waals surface area contributed by atoms with E-state index in [0.29, 0.717) is 5.69 Å². The highest BCUT2D eigenvalue weighted by molar-refractivity contribution is 5.34. The van der Waals surface area contributed by atoms with E-state index in [9.17, 15) is 17.6 Å². The van der Waals surface area contributed by atoms with Crippen LogP contribution in [0.15, 0.2) is 30.3 Å². The number of hydrogen-bond donors (Lipinski definition) is 0. The number of alkyl halides is 3. The topological polar surface area (TPSA) is 17.8 Å². The lowest BCUT2D eigenvalue weighted by atomic mass is 10.3. The molecule has 0 fully saturated rings. The summed E-state index contributed by atoms with van der Waals surface area (Å²) in [5.41, 5.74) is -0.430. The van der Waals surface area contributed by atoms with Crippen LogP contribution in [0, 0.1) is 12.7 Å². The fraction of sp³-hybridized carbons (Fsp3) is 0.182. The molecule has 17 heavy (non-hydrogen) atoms. The van der Waals surface area contributed by atoms with Crippen LogP contribution in [0.25, 0.3) is 5.69 Å². The Kier molecular flexibility index (Phi) is 2.65. The lowest BCUT2D eigenvalue weighted by molar-refractivity contribution is -0.141. The Hall–Kier alpha value is -1.85. The first-order valence-corrected chi connectivity index (χ1v) is 4.78. The molecule has 0 aliphatic rings. The fourth-order valence-electron chi connectivity index (χ4n) is 1.48. The van der Waals surface area contributed by atoms with Crippen LogP contribution in [0.1, 0.15) is 11.4 Å². The van der Waals surface area contributed by atoms with E-state index in [1.807, 2.05) is 0 Å². The normalized spacial score (nSPS) is 11.8. The summed E-state index contributed by atoms with van der Waals surface area (Å²) in [6, 6.07) is 6.17. The van der Waals surface area contributed by atoms with Crippen LogP contribution >= 0.6 is 0 Å². The molecule has 0 saturated heterocycles. The molecule has 90 valence electrons. The van der Waals surface area contributed by atoms with Gasteiger partial charge in [-0.25, -0.2) is 9.07 Å². The van der Waals surface area contributed by atoms with Gasteiger partial charge in [-0.05, 0) is 31.2 Å². The molecule has 0 unspecified atom stereocenters. The standard InChI is InChI=1S/C11H8F4N2/c1-7-5-10(11(13,14)15)16-17(7)9-4-2-3-8(12)6-9/h2-6H,1H3. The van der Waals surface area contributed by atoms with Gasteiger partial charge < -0.3 is 0 Å². The maximum Gasteiger partial charge on any atom is 0.435 e. The van der Waals surface area contributed by atoms with Crippen LogP contribution in [0.4, 0.5) is 17.6 Å². The molecule has 0 radical (unpaired) electrons. The SMILES string of the molecule is Cc1cc(C(F)(F)F)nn1-c1cccc(F)c1. The van der Waals surface area contributed by atoms with Gasteiger partial charge in [0.25, 0.3) is 0 Å². The summed E-state index contributed by atoms with van der Waals surface area (Å²) in [5.74, 6) is -0.522. The Morgan fingerprint density at radius 2 is 1.88 bits per heavy atom. The Morgan fingerprint density at radius 3 is 2.41 bits per heavy atom. The van der Waals surface area contributed by atoms with Gasteiger partial charge in [0.1, 0.15) is 5.82 Å². The first-order chi connectivity index (χ1) is 7.88. The molecule has 0 saturated carbocycles. The largest absolute Gasteiger partial charge is 0.435 e. The van der Waals surface area contributed by atoms with Gasteiger partial charge >= 0.3 is 6.18 Å². The van der Waals surface area contributed by atoms with E-state index in [1.54, 1.807) is 0 Å². The minimum absolute atomic E-state index is 0.262. The third kappa shape index (κ3) is 2.30. The van der Waals surface area contributed by atoms with Crippen LogP contribution in [-0.4, -0.2) is 9.78 Å². The number of nitrogens with zero attached hydrogens (tertiary/aromatic N) is 2. The van der Waals surface area contributed by atoms with E-state index >= 15 is 0 Å². The summed E-state index contributed by atoms with van der Waals surface area (Å²) < 4.78 is 51.3. The van der Waals surface area contributed by atoms with E-state index in [4.69, 9.17) is 0 Å². The van der Waals surface area contributed by atoms with Crippen molar-refractivity contribution in [3.05, 3.63) is 47.5 Å². The van der Waals surface area contributed by atoms with Crippen molar-refractivity contribution in [2.75, 3.05) is 0 Å². The van der Waals surface area contributed by atoms with Crippen molar-refractivity contribution in [1.82, 2.24) is 9.78 Å². The average Bonchev–Trinajstić information content (AvgIpc) is 2.60. The van der Waals surface area contributed by atoms with Gasteiger partial charge in [0.05, 0.1) is 5.69 Å². The maximum atomic E-state index is 13.0. The summed E-state index contributed by atoms with van der Waals surface area (Å²) in [5, 5.41) is 3.42. The molecular weight excluding hydrogens is 236 g/mol. The molecule has 2 nitrogen and oxygen atoms in total. The van der Waals surface area contributed by atoms with E-state index in [1.165, 1.54) is 25.1 Å². The smallest absolute Gasteiger partial charge is 0.237 e. The molecule has 2 aromatic rings. The number of halogens is 4. The highest BCUT2D eigenvalue weighted by Crippen LogP contribution is 2.29. The number of benzene rings is 1. The number of rotatable bonds is 1. The Morgan fingerprint density at radius 1 is 1.18 bits per heavy atom. The lowest BCUT2D eigenvalue weighted by Gasteiger charge is -2.04. The molecule has 6 heteroatoms. The van der Waals surface area contributed by atoms with Crippen molar-refractivity contribution in [1.29, 1.82) is 0 Å². The Balaban J connectivity index is 2.50. The van der Waals surface area contributed by atoms with Crippen molar-refractivity contribution < 1.29 is 17.6 Å². The van der Waals surface area contributed by atoms with Crippen molar-refractivity contribution in [2.24, 2.45) is 0 Å². The summed E-state index contributed by atoms with van der Waals surface area (Å²) >= 11 is 0. The molecule has 0 N–H and O–H groups in total. The summed E-state index contributed by atoms with van der Waals surface area (Å²) in [4.78, 5) is 0. The average molecular weight is 244 g/mol. The lowest BCUT2D eigenvalue weighted by Crippen LogP contribution is -2.07. The number of hydrogen-bond acceptors (Lipinski definition) is 1. The van der Waals surface area contributed by atoms with Gasteiger partial charge in [0.2, 0.25) is 0 Å². The predicted octanol–water partition coefficient (Wildman–Crippen LogP) is 3.34. The molecule has 0 amide bonds. The predicted molar refractivity (Wildman–Crippen MR) is 53.3 cm³/mol. The van der Waals surface area contributed by atoms with E-state index in [2.05, 4.69) is 5.10 Å². The van der Waals surface area contributed by atoms with Crippen molar-refractivity contribution in [3.63, 3.8) is 0 Å². The Labute approximate surface area is 94.5 Å². The molecule has 2 rings (SSSR count). The molecule has 1 aromatic heterocycles. The zero-order valence-electron chi connectivity index (χ0n) is 8.79. The second-order valence-electron chi connectivity index (χ2n) is 3.56. The van der Waals surface area contributed by atoms with E-state index < -0.39 is 17.7 Å². The molecule has 0 bridgehead atoms. The molecular formula is C11H8F4N2. The first kappa shape index (κ1) is 11.6. The molecule has 1 aromatic carbocycles. The third-order valence-corrected chi connectivity index (χ3v) is 2.23. The second kappa shape index (κ2) is 3.87. The second-order valence-corrected chi connectivity index (χ2v) is 3.56. The maximum absolute atomic E-state index is 13.0. The molecule has 0 atom stereocenters. The van der Waals surface area contributed by atoms with Crippen molar-refractivity contribution in [3.8, 4) is 5.69 Å². The van der Waals surface area contributed by atoms with Crippen molar-refractivity contribution in [2.45, 2.75) is 13.1 Å². The first-order valence-electron chi connectivity index (χ1n) is 4.78. The molecule has 1 heterocycles. The van der Waals surface area contributed by atoms with Crippen LogP contribution in [0.2, 0.25) is 0 Å². The fourth-order valence-corrected chi connectivity index (χ4v) is 1.48. The monoisotopic (exact) mass is 244 g/mol. The van der Waals surface area contributed by atoms with Gasteiger partial charge in [-0.15, -0.1) is 0 Å². The minimum Gasteiger partial charge on any atom is -0.237 e. The van der Waals surface area contributed by atoms with E-state index in [-0.39, 0.29) is 5.69 Å². The zero-order chi connectivity index (χ0) is 12.6. The quantitative estimate of drug-likeness (QED) is 0.703. The van der Waals surface area contributed by atoms with Gasteiger partial charge in [0.15, 0.2) is 5.69 Å². The molecule has 0 aliphatic heterocycles. The number of aromatic nitrogens is 2. The molecule has 0 spiro atoms. The van der Waals surface area contributed by atoms with Crippen LogP contribution in [0.3, 0.4) is 0 Å². The van der Waals surface area contributed by atoms with Gasteiger partial charge in [-0.3, -0.25) is 0 Å². The summed E-state index contributed by atoms with van der Waals surface area (Å²) in [6.07, 6.45) is -4.50. The summed E-state index contributed by atoms with van der Waals surface area (Å²) in [7, 11) is 0. The minimum atomic E-state index is -4.50. The van der Waals surface area contributed by atoms with Crippen LogP contribution < -0.4 is 0 Å².